The minimum absolute atomic E-state index is 0.00284. The number of ether oxygens (including phenoxy) is 2. The number of benzene rings is 3. The highest BCUT2D eigenvalue weighted by atomic mass is 19.1. The van der Waals surface area contributed by atoms with Crippen molar-refractivity contribution in [2.24, 2.45) is 5.92 Å². The first kappa shape index (κ1) is 25.1. The lowest BCUT2D eigenvalue weighted by Gasteiger charge is -2.18. The minimum atomic E-state index is -0.671. The second-order valence-corrected chi connectivity index (χ2v) is 9.24. The molecule has 1 aliphatic heterocycles. The topological polar surface area (TPSA) is 72.9 Å². The van der Waals surface area contributed by atoms with Crippen LogP contribution in [0.1, 0.15) is 47.7 Å². The van der Waals surface area contributed by atoms with Crippen LogP contribution in [0, 0.1) is 18.7 Å². The summed E-state index contributed by atoms with van der Waals surface area (Å²) in [5.74, 6) is -0.614. The Morgan fingerprint density at radius 3 is 2.39 bits per heavy atom. The fourth-order valence-corrected chi connectivity index (χ4v) is 4.12. The molecule has 186 valence electrons. The van der Waals surface area contributed by atoms with Crippen LogP contribution in [0.4, 0.5) is 10.1 Å². The molecule has 1 aliphatic rings. The first-order chi connectivity index (χ1) is 17.2. The van der Waals surface area contributed by atoms with Crippen molar-refractivity contribution >= 4 is 23.3 Å². The van der Waals surface area contributed by atoms with E-state index in [9.17, 15) is 18.8 Å². The Hall–Kier alpha value is -4.00. The highest BCUT2D eigenvalue weighted by Crippen LogP contribution is 2.33. The first-order valence-corrected chi connectivity index (χ1v) is 11.9. The summed E-state index contributed by atoms with van der Waals surface area (Å²) in [7, 11) is 0. The third-order valence-electron chi connectivity index (χ3n) is 6.14. The molecule has 3 aromatic carbocycles. The predicted octanol–water partition coefficient (Wildman–Crippen LogP) is 5.83. The van der Waals surface area contributed by atoms with Crippen molar-refractivity contribution in [2.75, 3.05) is 18.1 Å². The van der Waals surface area contributed by atoms with Gasteiger partial charge in [-0.1, -0.05) is 26.0 Å². The van der Waals surface area contributed by atoms with Gasteiger partial charge >= 0.3 is 5.97 Å². The van der Waals surface area contributed by atoms with Crippen molar-refractivity contribution in [3.8, 4) is 11.5 Å². The van der Waals surface area contributed by atoms with Crippen LogP contribution in [-0.2, 0) is 14.3 Å². The molecule has 0 bridgehead atoms. The average Bonchev–Trinajstić information content (AvgIpc) is 3.24. The van der Waals surface area contributed by atoms with Crippen LogP contribution >= 0.6 is 0 Å². The van der Waals surface area contributed by atoms with Crippen molar-refractivity contribution in [1.29, 1.82) is 0 Å². The molecule has 1 heterocycles. The van der Waals surface area contributed by atoms with Gasteiger partial charge in [-0.05, 0) is 78.6 Å². The monoisotopic (exact) mass is 489 g/mol. The third kappa shape index (κ3) is 5.79. The van der Waals surface area contributed by atoms with Gasteiger partial charge in [-0.15, -0.1) is 0 Å². The normalized spacial score (nSPS) is 15.3. The number of halogens is 1. The number of carbonyl (C=O) groups is 3. The smallest absolute Gasteiger partial charge is 0.311 e. The fourth-order valence-electron chi connectivity index (χ4n) is 4.12. The van der Waals surface area contributed by atoms with Crippen molar-refractivity contribution in [1.82, 2.24) is 0 Å². The number of rotatable bonds is 8. The molecule has 0 unspecified atom stereocenters. The van der Waals surface area contributed by atoms with E-state index in [4.69, 9.17) is 9.47 Å². The summed E-state index contributed by atoms with van der Waals surface area (Å²) in [6.45, 7) is 5.94. The Bertz CT molecular complexity index is 1270. The van der Waals surface area contributed by atoms with Gasteiger partial charge in [-0.3, -0.25) is 14.4 Å². The van der Waals surface area contributed by atoms with Gasteiger partial charge in [-0.2, -0.15) is 0 Å². The zero-order valence-electron chi connectivity index (χ0n) is 20.5. The molecule has 1 atom stereocenters. The van der Waals surface area contributed by atoms with Crippen LogP contribution in [0.2, 0.25) is 0 Å². The summed E-state index contributed by atoms with van der Waals surface area (Å²) in [5.41, 5.74) is 3.12. The number of aryl methyl sites for hydroxylation is 1. The van der Waals surface area contributed by atoms with Crippen molar-refractivity contribution in [2.45, 2.75) is 33.1 Å². The van der Waals surface area contributed by atoms with Crippen LogP contribution < -0.4 is 9.64 Å². The average molecular weight is 490 g/mol. The Morgan fingerprint density at radius 2 is 1.72 bits per heavy atom. The zero-order chi connectivity index (χ0) is 25.8. The molecule has 1 saturated heterocycles. The molecule has 3 aromatic rings. The van der Waals surface area contributed by atoms with E-state index in [-0.39, 0.29) is 24.4 Å². The van der Waals surface area contributed by atoms with E-state index in [2.05, 4.69) is 26.0 Å². The van der Waals surface area contributed by atoms with Gasteiger partial charge in [0.15, 0.2) is 12.4 Å². The predicted molar refractivity (Wildman–Crippen MR) is 134 cm³/mol. The van der Waals surface area contributed by atoms with Crippen molar-refractivity contribution in [3.63, 3.8) is 0 Å². The van der Waals surface area contributed by atoms with Crippen molar-refractivity contribution < 1.29 is 28.2 Å². The second-order valence-electron chi connectivity index (χ2n) is 9.24. The van der Waals surface area contributed by atoms with Gasteiger partial charge in [0.05, 0.1) is 5.92 Å². The Balaban J connectivity index is 1.36. The van der Waals surface area contributed by atoms with Gasteiger partial charge in [-0.25, -0.2) is 4.39 Å². The Morgan fingerprint density at radius 1 is 1.03 bits per heavy atom. The van der Waals surface area contributed by atoms with E-state index in [0.717, 1.165) is 16.9 Å². The van der Waals surface area contributed by atoms with Gasteiger partial charge in [0.2, 0.25) is 5.91 Å². The number of amides is 1. The van der Waals surface area contributed by atoms with E-state index in [1.54, 1.807) is 24.3 Å². The molecule has 0 radical (unpaired) electrons. The van der Waals surface area contributed by atoms with E-state index < -0.39 is 30.1 Å². The Kier molecular flexibility index (Phi) is 7.48. The molecule has 36 heavy (non-hydrogen) atoms. The number of hydrogen-bond acceptors (Lipinski definition) is 5. The SMILES string of the molecule is Cc1ccc(C(C)C)c(Oc2ccc(N3C[C@H](C(=O)OCC(=O)c4ccc(F)cc4)CC3=O)cc2)c1. The number of Topliss-reactive ketones (excluding diaryl/α,β-unsaturated/α-hetero) is 1. The largest absolute Gasteiger partial charge is 0.457 e. The maximum atomic E-state index is 13.0. The summed E-state index contributed by atoms with van der Waals surface area (Å²) in [6.07, 6.45) is 0.00284. The highest BCUT2D eigenvalue weighted by molar-refractivity contribution is 6.01. The van der Waals surface area contributed by atoms with Crippen LogP contribution in [0.3, 0.4) is 0 Å². The maximum Gasteiger partial charge on any atom is 0.311 e. The number of carbonyl (C=O) groups excluding carboxylic acids is 3. The molecule has 0 saturated carbocycles. The number of nitrogens with zero attached hydrogens (tertiary/aromatic N) is 1. The zero-order valence-corrected chi connectivity index (χ0v) is 20.5. The number of hydrogen-bond donors (Lipinski definition) is 0. The van der Waals surface area contributed by atoms with Crippen LogP contribution in [0.25, 0.3) is 0 Å². The molecule has 0 aliphatic carbocycles. The highest BCUT2D eigenvalue weighted by Gasteiger charge is 2.36. The van der Waals surface area contributed by atoms with Gasteiger partial charge in [0, 0.05) is 24.2 Å². The standard InChI is InChI=1S/C29H28FNO5/c1-18(2)25-13-4-19(3)14-27(25)36-24-11-9-23(10-12-24)31-16-21(15-28(31)33)29(34)35-17-26(32)20-5-7-22(30)8-6-20/h4-14,18,21H,15-17H2,1-3H3/t21-/m1/s1. The molecule has 7 heteroatoms. The summed E-state index contributed by atoms with van der Waals surface area (Å²) in [6, 6.07) is 18.3. The molecule has 0 N–H and O–H groups in total. The third-order valence-corrected chi connectivity index (χ3v) is 6.14. The molecule has 0 aromatic heterocycles. The van der Waals surface area contributed by atoms with Crippen LogP contribution in [-0.4, -0.2) is 30.8 Å². The number of ketones is 1. The number of esters is 1. The summed E-state index contributed by atoms with van der Waals surface area (Å²) in [4.78, 5) is 38.8. The van der Waals surface area contributed by atoms with Crippen LogP contribution in [0.5, 0.6) is 11.5 Å². The van der Waals surface area contributed by atoms with E-state index in [0.29, 0.717) is 17.4 Å². The molecule has 1 fully saturated rings. The molecular formula is C29H28FNO5. The summed E-state index contributed by atoms with van der Waals surface area (Å²) >= 11 is 0. The molecular weight excluding hydrogens is 461 g/mol. The van der Waals surface area contributed by atoms with Gasteiger partial charge in [0.25, 0.3) is 0 Å². The van der Waals surface area contributed by atoms with E-state index in [1.165, 1.54) is 29.2 Å². The minimum Gasteiger partial charge on any atom is -0.457 e. The van der Waals surface area contributed by atoms with Crippen LogP contribution in [0.15, 0.2) is 66.7 Å². The maximum absolute atomic E-state index is 13.0. The lowest BCUT2D eigenvalue weighted by Crippen LogP contribution is -2.27. The quantitative estimate of drug-likeness (QED) is 0.294. The lowest BCUT2D eigenvalue weighted by molar-refractivity contribution is -0.147. The summed E-state index contributed by atoms with van der Waals surface area (Å²) < 4.78 is 24.3. The van der Waals surface area contributed by atoms with Gasteiger partial charge < -0.3 is 14.4 Å². The Labute approximate surface area is 209 Å². The van der Waals surface area contributed by atoms with Gasteiger partial charge in [0.1, 0.15) is 17.3 Å². The van der Waals surface area contributed by atoms with E-state index in [1.807, 2.05) is 13.0 Å². The molecule has 0 spiro atoms. The molecule has 4 rings (SSSR count). The molecule has 6 nitrogen and oxygen atoms in total. The second kappa shape index (κ2) is 10.7. The first-order valence-electron chi connectivity index (χ1n) is 11.9. The lowest BCUT2D eigenvalue weighted by atomic mass is 10.0. The number of anilines is 1. The molecule has 1 amide bonds. The van der Waals surface area contributed by atoms with E-state index >= 15 is 0 Å². The summed E-state index contributed by atoms with van der Waals surface area (Å²) in [5, 5.41) is 0. The fraction of sp³-hybridized carbons (Fsp3) is 0.276. The van der Waals surface area contributed by atoms with Crippen molar-refractivity contribution in [3.05, 3.63) is 89.2 Å².